The minimum Gasteiger partial charge on any atom is -0.324 e. The average molecular weight is 323 g/mol. The van der Waals surface area contributed by atoms with E-state index in [1.54, 1.807) is 0 Å². The molecule has 126 valence electrons. The number of rotatable bonds is 4. The molecule has 1 unspecified atom stereocenters. The van der Waals surface area contributed by atoms with Crippen molar-refractivity contribution in [1.82, 2.24) is 9.80 Å². The Morgan fingerprint density at radius 3 is 2.04 bits per heavy atom. The fourth-order valence-corrected chi connectivity index (χ4v) is 3.34. The fraction of sp³-hybridized carbons (Fsp3) is 0.350. The highest BCUT2D eigenvalue weighted by Crippen LogP contribution is 2.28. The zero-order valence-electron chi connectivity index (χ0n) is 14.4. The van der Waals surface area contributed by atoms with Crippen molar-refractivity contribution in [2.75, 3.05) is 38.6 Å². The number of amides is 2. The van der Waals surface area contributed by atoms with Gasteiger partial charge in [0.2, 0.25) is 0 Å². The van der Waals surface area contributed by atoms with Crippen LogP contribution in [0.4, 0.5) is 16.2 Å². The standard InChI is InChI=1S/C20H25N3O/c1-21(2)15-17-13-14-22(16-17)20(24)23(18-9-5-3-6-10-18)19-11-7-4-8-12-19/h3-12,17H,13-16H2,1-2H3. The van der Waals surface area contributed by atoms with Crippen LogP contribution in [0.25, 0.3) is 0 Å². The van der Waals surface area contributed by atoms with Crippen LogP contribution in [-0.4, -0.2) is 49.6 Å². The van der Waals surface area contributed by atoms with Gasteiger partial charge in [-0.05, 0) is 50.7 Å². The van der Waals surface area contributed by atoms with Gasteiger partial charge in [0.25, 0.3) is 0 Å². The fourth-order valence-electron chi connectivity index (χ4n) is 3.34. The van der Waals surface area contributed by atoms with Crippen LogP contribution < -0.4 is 4.90 Å². The molecular formula is C20H25N3O. The molecule has 3 rings (SSSR count). The highest BCUT2D eigenvalue weighted by atomic mass is 16.2. The van der Waals surface area contributed by atoms with Crippen molar-refractivity contribution in [3.8, 4) is 0 Å². The number of carbonyl (C=O) groups is 1. The van der Waals surface area contributed by atoms with E-state index in [2.05, 4.69) is 19.0 Å². The van der Waals surface area contributed by atoms with Gasteiger partial charge in [0.05, 0.1) is 11.4 Å². The number of carbonyl (C=O) groups excluding carboxylic acids is 1. The molecule has 24 heavy (non-hydrogen) atoms. The number of likely N-dealkylation sites (tertiary alicyclic amines) is 1. The molecule has 0 saturated carbocycles. The van der Waals surface area contributed by atoms with Crippen LogP contribution >= 0.6 is 0 Å². The Morgan fingerprint density at radius 2 is 1.54 bits per heavy atom. The van der Waals surface area contributed by atoms with E-state index in [0.717, 1.165) is 37.4 Å². The Morgan fingerprint density at radius 1 is 1.00 bits per heavy atom. The molecule has 1 aliphatic heterocycles. The minimum atomic E-state index is 0.0636. The van der Waals surface area contributed by atoms with E-state index in [4.69, 9.17) is 0 Å². The zero-order valence-corrected chi connectivity index (χ0v) is 14.4. The first-order valence-corrected chi connectivity index (χ1v) is 8.49. The molecule has 2 aromatic carbocycles. The lowest BCUT2D eigenvalue weighted by molar-refractivity contribution is 0.214. The number of benzene rings is 2. The smallest absolute Gasteiger partial charge is 0.324 e. The summed E-state index contributed by atoms with van der Waals surface area (Å²) in [6.07, 6.45) is 1.07. The number of hydrogen-bond acceptors (Lipinski definition) is 2. The molecular weight excluding hydrogens is 298 g/mol. The molecule has 1 fully saturated rings. The molecule has 0 radical (unpaired) electrons. The van der Waals surface area contributed by atoms with Gasteiger partial charge in [-0.25, -0.2) is 4.79 Å². The summed E-state index contributed by atoms with van der Waals surface area (Å²) >= 11 is 0. The third-order valence-electron chi connectivity index (χ3n) is 4.40. The first-order chi connectivity index (χ1) is 11.6. The van der Waals surface area contributed by atoms with Crippen molar-refractivity contribution >= 4 is 17.4 Å². The van der Waals surface area contributed by atoms with Crippen molar-refractivity contribution < 1.29 is 4.79 Å². The molecule has 1 saturated heterocycles. The van der Waals surface area contributed by atoms with Gasteiger partial charge < -0.3 is 9.80 Å². The second-order valence-electron chi connectivity index (χ2n) is 6.65. The number of anilines is 2. The maximum absolute atomic E-state index is 13.2. The third-order valence-corrected chi connectivity index (χ3v) is 4.40. The lowest BCUT2D eigenvalue weighted by Gasteiger charge is -2.28. The van der Waals surface area contributed by atoms with E-state index in [1.165, 1.54) is 0 Å². The van der Waals surface area contributed by atoms with Gasteiger partial charge in [0, 0.05) is 19.6 Å². The molecule has 0 aromatic heterocycles. The lowest BCUT2D eigenvalue weighted by atomic mass is 10.1. The second-order valence-corrected chi connectivity index (χ2v) is 6.65. The summed E-state index contributed by atoms with van der Waals surface area (Å²) in [6.45, 7) is 2.68. The SMILES string of the molecule is CN(C)CC1CCN(C(=O)N(c2ccccc2)c2ccccc2)C1. The van der Waals surface area contributed by atoms with Crippen LogP contribution in [0.5, 0.6) is 0 Å². The van der Waals surface area contributed by atoms with Crippen LogP contribution in [0, 0.1) is 5.92 Å². The van der Waals surface area contributed by atoms with Crippen molar-refractivity contribution in [3.63, 3.8) is 0 Å². The van der Waals surface area contributed by atoms with Crippen LogP contribution in [0.3, 0.4) is 0 Å². The molecule has 2 amide bonds. The number of hydrogen-bond donors (Lipinski definition) is 0. The number of para-hydroxylation sites is 2. The van der Waals surface area contributed by atoms with Crippen LogP contribution in [0.15, 0.2) is 60.7 Å². The summed E-state index contributed by atoms with van der Waals surface area (Å²) in [5, 5.41) is 0. The predicted molar refractivity (Wildman–Crippen MR) is 98.7 cm³/mol. The van der Waals surface area contributed by atoms with Crippen molar-refractivity contribution in [1.29, 1.82) is 0 Å². The van der Waals surface area contributed by atoms with E-state index in [0.29, 0.717) is 5.92 Å². The highest BCUT2D eigenvalue weighted by Gasteiger charge is 2.30. The molecule has 4 nitrogen and oxygen atoms in total. The molecule has 0 N–H and O–H groups in total. The van der Waals surface area contributed by atoms with Crippen molar-refractivity contribution in [2.45, 2.75) is 6.42 Å². The summed E-state index contributed by atoms with van der Waals surface area (Å²) < 4.78 is 0. The number of urea groups is 1. The van der Waals surface area contributed by atoms with Crippen molar-refractivity contribution in [3.05, 3.63) is 60.7 Å². The summed E-state index contributed by atoms with van der Waals surface area (Å²) in [4.78, 5) is 19.2. The Balaban J connectivity index is 1.83. The molecule has 4 heteroatoms. The van der Waals surface area contributed by atoms with E-state index >= 15 is 0 Å². The predicted octanol–water partition coefficient (Wildman–Crippen LogP) is 3.83. The maximum Gasteiger partial charge on any atom is 0.329 e. The summed E-state index contributed by atoms with van der Waals surface area (Å²) in [5.41, 5.74) is 1.81. The molecule has 1 aliphatic rings. The van der Waals surface area contributed by atoms with E-state index in [-0.39, 0.29) is 6.03 Å². The van der Waals surface area contributed by atoms with Gasteiger partial charge in [-0.3, -0.25) is 4.90 Å². The van der Waals surface area contributed by atoms with Gasteiger partial charge in [-0.1, -0.05) is 36.4 Å². The van der Waals surface area contributed by atoms with Crippen LogP contribution in [-0.2, 0) is 0 Å². The second kappa shape index (κ2) is 7.49. The maximum atomic E-state index is 13.2. The van der Waals surface area contributed by atoms with Gasteiger partial charge in [0.1, 0.15) is 0 Å². The van der Waals surface area contributed by atoms with E-state index in [1.807, 2.05) is 70.5 Å². The Bertz CT molecular complexity index is 618. The molecule has 0 aliphatic carbocycles. The van der Waals surface area contributed by atoms with Gasteiger partial charge in [-0.2, -0.15) is 0 Å². The summed E-state index contributed by atoms with van der Waals surface area (Å²) in [5.74, 6) is 0.553. The Kier molecular flexibility index (Phi) is 5.16. The normalized spacial score (nSPS) is 17.3. The van der Waals surface area contributed by atoms with Crippen LogP contribution in [0.1, 0.15) is 6.42 Å². The van der Waals surface area contributed by atoms with Crippen molar-refractivity contribution in [2.24, 2.45) is 5.92 Å². The molecule has 1 atom stereocenters. The number of nitrogens with zero attached hydrogens (tertiary/aromatic N) is 3. The van der Waals surface area contributed by atoms with Gasteiger partial charge >= 0.3 is 6.03 Å². The molecule has 0 spiro atoms. The van der Waals surface area contributed by atoms with E-state index in [9.17, 15) is 4.79 Å². The first-order valence-electron chi connectivity index (χ1n) is 8.49. The Labute approximate surface area is 144 Å². The summed E-state index contributed by atoms with van der Waals surface area (Å²) in [7, 11) is 4.18. The highest BCUT2D eigenvalue weighted by molar-refractivity contribution is 5.99. The topological polar surface area (TPSA) is 26.8 Å². The molecule has 1 heterocycles. The van der Waals surface area contributed by atoms with Crippen LogP contribution in [0.2, 0.25) is 0 Å². The quantitative estimate of drug-likeness (QED) is 0.855. The van der Waals surface area contributed by atoms with Gasteiger partial charge in [0.15, 0.2) is 0 Å². The van der Waals surface area contributed by atoms with E-state index < -0.39 is 0 Å². The Hall–Kier alpha value is -2.33. The first kappa shape index (κ1) is 16.5. The molecule has 2 aromatic rings. The average Bonchev–Trinajstić information content (AvgIpc) is 3.05. The third kappa shape index (κ3) is 3.77. The van der Waals surface area contributed by atoms with Gasteiger partial charge in [-0.15, -0.1) is 0 Å². The minimum absolute atomic E-state index is 0.0636. The largest absolute Gasteiger partial charge is 0.329 e. The zero-order chi connectivity index (χ0) is 16.9. The summed E-state index contributed by atoms with van der Waals surface area (Å²) in [6, 6.07) is 19.8. The monoisotopic (exact) mass is 323 g/mol. The molecule has 0 bridgehead atoms. The lowest BCUT2D eigenvalue weighted by Crippen LogP contribution is -2.40.